The van der Waals surface area contributed by atoms with Gasteiger partial charge in [-0.05, 0) is 131 Å². The van der Waals surface area contributed by atoms with Gasteiger partial charge in [0.2, 0.25) is 29.5 Å². The Bertz CT molecular complexity index is 5560. The smallest absolute Gasteiger partial charge is 0.330 e. The largest absolute Gasteiger partial charge is 0.479 e. The number of fused-ring (bicyclic) bond motifs is 8. The lowest BCUT2D eigenvalue weighted by Gasteiger charge is -2.38. The molecule has 5 aliphatic heterocycles. The average molecular weight is 1540 g/mol. The number of anilines is 2. The van der Waals surface area contributed by atoms with E-state index in [1.165, 1.54) is 16.2 Å². The molecule has 5 aliphatic rings. The molecule has 0 radical (unpaired) electrons. The highest BCUT2D eigenvalue weighted by atomic mass is 35.5. The van der Waals surface area contributed by atoms with Crippen LogP contribution in [0.4, 0.5) is 11.4 Å². The molecule has 27 nitrogen and oxygen atoms in total. The van der Waals surface area contributed by atoms with Crippen LogP contribution in [0.2, 0.25) is 19.4 Å². The van der Waals surface area contributed by atoms with Gasteiger partial charge >= 0.3 is 5.97 Å². The van der Waals surface area contributed by atoms with Gasteiger partial charge in [-0.1, -0.05) is 94.9 Å². The fourth-order valence-corrected chi connectivity index (χ4v) is 14.7. The highest BCUT2D eigenvalue weighted by molar-refractivity contribution is 7.22. The number of carboxylic acid groups (broad SMARTS) is 1. The summed E-state index contributed by atoms with van der Waals surface area (Å²) in [5.74, 6) is -4.45. The number of nitrogens with one attached hydrogen (secondary N) is 12. The molecule has 0 spiro atoms. The molecule has 14 N–H and O–H groups in total. The second-order valence-corrected chi connectivity index (χ2v) is 28.7. The molecule has 6 atom stereocenters. The zero-order valence-corrected chi connectivity index (χ0v) is 59.5. The first-order valence-corrected chi connectivity index (χ1v) is 35.7. The van der Waals surface area contributed by atoms with Crippen LogP contribution in [0.3, 0.4) is 0 Å². The molecule has 542 valence electrons. The molecule has 12 aromatic rings. The van der Waals surface area contributed by atoms with Gasteiger partial charge in [-0.25, -0.2) is 4.79 Å². The van der Waals surface area contributed by atoms with Crippen molar-refractivity contribution in [2.45, 2.75) is 68.0 Å². The lowest BCUT2D eigenvalue weighted by atomic mass is 9.96. The van der Waals surface area contributed by atoms with Crippen LogP contribution in [-0.4, -0.2) is 148 Å². The number of H-pyrrole nitrogens is 4. The minimum atomic E-state index is -1.15. The average Bonchev–Trinajstić information content (AvgIpc) is 1.76. The van der Waals surface area contributed by atoms with Gasteiger partial charge in [0.25, 0.3) is 23.6 Å². The van der Waals surface area contributed by atoms with Crippen LogP contribution < -0.4 is 42.5 Å². The number of aliphatic hydroxyl groups excluding tert-OH is 1. The zero-order chi connectivity index (χ0) is 74.9. The minimum absolute atomic E-state index is 0.198. The fourth-order valence-electron chi connectivity index (χ4n) is 13.0. The number of aliphatic hydroxyl groups is 1. The molecule has 0 saturated carbocycles. The van der Waals surface area contributed by atoms with E-state index in [0.29, 0.717) is 77.4 Å². The fraction of sp³-hybridized carbons (Fsp3) is 0.173. The third-order valence-electron chi connectivity index (χ3n) is 18.4. The number of benzene rings is 5. The van der Waals surface area contributed by atoms with Gasteiger partial charge in [0.15, 0.2) is 6.04 Å². The molecule has 2 unspecified atom stereocenters. The van der Waals surface area contributed by atoms with Crippen molar-refractivity contribution in [1.29, 1.82) is 0 Å². The summed E-state index contributed by atoms with van der Waals surface area (Å²) in [5, 5.41) is 45.8. The third-order valence-corrected chi connectivity index (χ3v) is 20.3. The SMILES string of the molecule is O=C(NC1Cc2ncccc2NC1=O)c1cc2cc(Cl)ccc2[nH]1.O=C(NC1Cc2ncccc2NC1=O)c1cc2cc(Cl)sc2[nH]1.O=C(N[C@@H]1Cc2ccccc2[C@@H](C(=O)N2CC(O)C2)NC1=O)c1cc2cc(Cl)ccc2[nH]1.O=C(N[C@@H]1Cc2ccccc2[C@@H](C(=O)O)NC1=O)c1cc2cc(Cl)ccc2[nH]1. The van der Waals surface area contributed by atoms with Gasteiger partial charge in [0.05, 0.1) is 33.2 Å². The molecule has 107 heavy (non-hydrogen) atoms. The number of carbonyl (C=O) groups is 10. The number of hydrogen-bond acceptors (Lipinski definition) is 14. The molecule has 1 saturated heterocycles. The van der Waals surface area contributed by atoms with E-state index in [4.69, 9.17) is 46.4 Å². The number of carbonyl (C=O) groups excluding carboxylic acids is 9. The van der Waals surface area contributed by atoms with Gasteiger partial charge < -0.3 is 77.6 Å². The molecule has 32 heteroatoms. The van der Waals surface area contributed by atoms with E-state index >= 15 is 0 Å². The number of likely N-dealkylation sites (tertiary alicyclic amines) is 1. The number of nitrogens with zero attached hydrogens (tertiary/aromatic N) is 3. The molecular formula is C75H61Cl4N15O12S. The van der Waals surface area contributed by atoms with E-state index in [9.17, 15) is 58.2 Å². The summed E-state index contributed by atoms with van der Waals surface area (Å²) in [5.41, 5.74) is 9.32. The van der Waals surface area contributed by atoms with E-state index in [1.54, 1.807) is 146 Å². The van der Waals surface area contributed by atoms with E-state index in [-0.39, 0.29) is 61.2 Å². The first-order chi connectivity index (χ1) is 51.5. The van der Waals surface area contributed by atoms with E-state index in [0.717, 1.165) is 59.9 Å². The molecule has 5 aromatic carbocycles. The maximum Gasteiger partial charge on any atom is 0.330 e. The predicted molar refractivity (Wildman–Crippen MR) is 402 cm³/mol. The van der Waals surface area contributed by atoms with Gasteiger partial charge in [-0.15, -0.1) is 11.3 Å². The summed E-state index contributed by atoms with van der Waals surface area (Å²) in [6, 6.07) is 40.6. The molecule has 1 fully saturated rings. The number of thiophene rings is 1. The van der Waals surface area contributed by atoms with Crippen molar-refractivity contribution in [2.24, 2.45) is 0 Å². The molecule has 0 aliphatic carbocycles. The van der Waals surface area contributed by atoms with E-state index < -0.39 is 72.0 Å². The molecule has 17 rings (SSSR count). The highest BCUT2D eigenvalue weighted by Crippen LogP contribution is 2.32. The van der Waals surface area contributed by atoms with Crippen molar-refractivity contribution in [1.82, 2.24) is 66.7 Å². The Kier molecular flexibility index (Phi) is 20.6. The van der Waals surface area contributed by atoms with Crippen molar-refractivity contribution < 1.29 is 58.2 Å². The Balaban J connectivity index is 0.000000121. The Morgan fingerprint density at radius 3 is 1.26 bits per heavy atom. The van der Waals surface area contributed by atoms with Crippen molar-refractivity contribution >= 4 is 171 Å². The maximum absolute atomic E-state index is 13.0. The number of aromatic nitrogens is 6. The summed E-state index contributed by atoms with van der Waals surface area (Å²) in [6.07, 6.45) is 3.98. The number of β-amino-alcohol motifs (C(OH)–C–C–N with tert-alkyl or cyclic N) is 1. The summed E-state index contributed by atoms with van der Waals surface area (Å²) in [7, 11) is 0. The number of aliphatic carboxylic acids is 1. The van der Waals surface area contributed by atoms with Gasteiger partial charge in [-0.2, -0.15) is 0 Å². The quantitative estimate of drug-likeness (QED) is 0.0607. The number of rotatable bonds is 10. The van der Waals surface area contributed by atoms with Gasteiger partial charge in [-0.3, -0.25) is 53.1 Å². The third kappa shape index (κ3) is 16.0. The van der Waals surface area contributed by atoms with Crippen LogP contribution in [0, 0.1) is 0 Å². The first kappa shape index (κ1) is 72.0. The number of hydrogen-bond donors (Lipinski definition) is 14. The van der Waals surface area contributed by atoms with Crippen molar-refractivity contribution in [3.8, 4) is 0 Å². The first-order valence-electron chi connectivity index (χ1n) is 33.3. The Labute approximate surface area is 629 Å². The summed E-state index contributed by atoms with van der Waals surface area (Å²) >= 11 is 25.2. The number of carboxylic acids is 1. The molecule has 9 amide bonds. The minimum Gasteiger partial charge on any atom is -0.479 e. The Morgan fingerprint density at radius 1 is 0.449 bits per heavy atom. The highest BCUT2D eigenvalue weighted by Gasteiger charge is 2.40. The second kappa shape index (κ2) is 30.6. The molecular weight excluding hydrogens is 1480 g/mol. The van der Waals surface area contributed by atoms with E-state index in [2.05, 4.69) is 72.4 Å². The zero-order valence-electron chi connectivity index (χ0n) is 55.7. The second-order valence-electron chi connectivity index (χ2n) is 25.7. The number of aromatic amines is 4. The normalized spacial score (nSPS) is 18.5. The Hall–Kier alpha value is -11.9. The van der Waals surface area contributed by atoms with Crippen LogP contribution in [0.25, 0.3) is 42.9 Å². The van der Waals surface area contributed by atoms with Crippen molar-refractivity contribution in [2.75, 3.05) is 23.7 Å². The summed E-state index contributed by atoms with van der Waals surface area (Å²) < 4.78 is 0.660. The van der Waals surface area contributed by atoms with Crippen LogP contribution in [0.1, 0.15) is 87.7 Å². The van der Waals surface area contributed by atoms with Crippen LogP contribution in [-0.2, 0) is 54.5 Å². The molecule has 7 aromatic heterocycles. The van der Waals surface area contributed by atoms with Gasteiger partial charge in [0.1, 0.15) is 57.8 Å². The monoisotopic (exact) mass is 1540 g/mol. The topological polar surface area (TPSA) is 400 Å². The lowest BCUT2D eigenvalue weighted by molar-refractivity contribution is -0.145. The van der Waals surface area contributed by atoms with Crippen molar-refractivity contribution in [3.63, 3.8) is 0 Å². The molecule has 0 bridgehead atoms. The maximum atomic E-state index is 13.0. The predicted octanol–water partition coefficient (Wildman–Crippen LogP) is 9.03. The lowest BCUT2D eigenvalue weighted by Crippen LogP contribution is -2.57. The number of amides is 9. The molecule has 12 heterocycles. The van der Waals surface area contributed by atoms with Crippen molar-refractivity contribution in [3.05, 3.63) is 246 Å². The standard InChI is InChI=1S/C23H21ClN4O4.C20H16ClN3O4.C17H13ClN4O2.C15H11ClN4O2S/c24-14-5-6-17-13(7-14)9-18(25-17)21(30)26-19-8-12-3-1-2-4-16(12)20(27-22(19)31)23(32)28-10-15(29)11-28;21-12-5-6-14-11(7-12)9-15(22-14)18(25)23-16-8-10-3-1-2-4-13(10)17(20(27)28)24-19(16)26;18-10-3-4-11-9(6-10)7-14(20-11)16(23)22-15-8-13-12(21-17(15)24)2-1-5-19-13;16-12-5-7-4-10(20-15(7)23-12)13(21)19-11-6-9-8(18-14(11)22)2-1-3-17-9/h1-7,9,15,19-20,25,29H,8,10-11H2,(H,26,30)(H,27,31);1-7,9,16-17,22H,8H2,(H,23,25)(H,24,26)(H,27,28);1-7,15,20H,8H2,(H,21,24)(H,22,23);1-5,11,20H,6H2,(H,18,22)(H,19,21)/t19-,20+;16-,17+;;/m11../s1. The summed E-state index contributed by atoms with van der Waals surface area (Å²) in [4.78, 5) is 148. The van der Waals surface area contributed by atoms with Crippen LogP contribution >= 0.6 is 57.7 Å². The number of pyridine rings is 2. The van der Waals surface area contributed by atoms with Gasteiger partial charge in [0, 0.05) is 104 Å². The number of halogens is 4. The van der Waals surface area contributed by atoms with Crippen LogP contribution in [0.15, 0.2) is 170 Å². The summed E-state index contributed by atoms with van der Waals surface area (Å²) in [6.45, 7) is 0.496. The van der Waals surface area contributed by atoms with E-state index in [1.807, 2.05) is 24.3 Å². The van der Waals surface area contributed by atoms with Crippen LogP contribution in [0.5, 0.6) is 0 Å². The Morgan fingerprint density at radius 2 is 0.841 bits per heavy atom.